The van der Waals surface area contributed by atoms with Crippen molar-refractivity contribution in [2.24, 2.45) is 0 Å². The zero-order valence-electron chi connectivity index (χ0n) is 13.6. The largest absolute Gasteiger partial charge is 0.472 e. The Morgan fingerprint density at radius 2 is 2.21 bits per heavy atom. The average Bonchev–Trinajstić information content (AvgIpc) is 3.27. The molecule has 0 saturated carbocycles. The fraction of sp³-hybridized carbons (Fsp3) is 0.471. The molecule has 2 aromatic rings. The number of hydrogen-bond donors (Lipinski definition) is 0. The van der Waals surface area contributed by atoms with Crippen LogP contribution in [-0.4, -0.2) is 41.0 Å². The lowest BCUT2D eigenvalue weighted by Gasteiger charge is -2.31. The van der Waals surface area contributed by atoms with Gasteiger partial charge in [0.1, 0.15) is 17.4 Å². The van der Waals surface area contributed by atoms with Crippen LogP contribution < -0.4 is 0 Å². The molecule has 1 aliphatic heterocycles. The molecule has 1 aliphatic rings. The lowest BCUT2D eigenvalue weighted by atomic mass is 10.1. The topological polar surface area (TPSA) is 72.6 Å². The minimum atomic E-state index is -0.403. The maximum Gasteiger partial charge on any atom is 0.358 e. The van der Waals surface area contributed by atoms with Crippen molar-refractivity contribution >= 4 is 23.2 Å². The number of piperidine rings is 1. The van der Waals surface area contributed by atoms with Crippen LogP contribution in [0.3, 0.4) is 0 Å². The maximum absolute atomic E-state index is 12.2. The number of furan rings is 1. The number of aromatic nitrogens is 1. The Morgan fingerprint density at radius 3 is 2.88 bits per heavy atom. The summed E-state index contributed by atoms with van der Waals surface area (Å²) < 4.78 is 10.6. The number of hydrogen-bond acceptors (Lipinski definition) is 6. The van der Waals surface area contributed by atoms with Gasteiger partial charge in [0.25, 0.3) is 0 Å². The molecule has 0 unspecified atom stereocenters. The van der Waals surface area contributed by atoms with Crippen molar-refractivity contribution in [3.63, 3.8) is 0 Å². The smallest absolute Gasteiger partial charge is 0.358 e. The SMILES string of the molecule is CCCC(=O)N1CCC(OC(=O)c2csc(-c3ccoc3)n2)CC1. The summed E-state index contributed by atoms with van der Waals surface area (Å²) in [5.41, 5.74) is 1.17. The second kappa shape index (κ2) is 7.61. The van der Waals surface area contributed by atoms with E-state index in [0.717, 1.165) is 17.0 Å². The van der Waals surface area contributed by atoms with Gasteiger partial charge in [0.15, 0.2) is 5.69 Å². The Hall–Kier alpha value is -2.15. The van der Waals surface area contributed by atoms with Crippen LogP contribution in [0.1, 0.15) is 43.1 Å². The van der Waals surface area contributed by atoms with E-state index in [0.29, 0.717) is 38.0 Å². The molecule has 3 heterocycles. The van der Waals surface area contributed by atoms with Crippen LogP contribution in [0.4, 0.5) is 0 Å². The summed E-state index contributed by atoms with van der Waals surface area (Å²) in [4.78, 5) is 30.3. The highest BCUT2D eigenvalue weighted by Gasteiger charge is 2.26. The van der Waals surface area contributed by atoms with Crippen LogP contribution in [0.5, 0.6) is 0 Å². The van der Waals surface area contributed by atoms with Crippen LogP contribution in [0.15, 0.2) is 28.4 Å². The van der Waals surface area contributed by atoms with Crippen molar-refractivity contribution in [3.8, 4) is 10.6 Å². The van der Waals surface area contributed by atoms with Gasteiger partial charge in [-0.3, -0.25) is 4.79 Å². The molecular weight excluding hydrogens is 328 g/mol. The van der Waals surface area contributed by atoms with E-state index in [1.54, 1.807) is 24.0 Å². The summed E-state index contributed by atoms with van der Waals surface area (Å²) in [5.74, 6) is -0.217. The van der Waals surface area contributed by atoms with Crippen LogP contribution in [0, 0.1) is 0 Å². The molecule has 0 aromatic carbocycles. The molecule has 0 bridgehead atoms. The Balaban J connectivity index is 1.52. The number of esters is 1. The molecule has 0 atom stereocenters. The summed E-state index contributed by atoms with van der Waals surface area (Å²) >= 11 is 1.38. The van der Waals surface area contributed by atoms with Crippen molar-refractivity contribution in [1.82, 2.24) is 9.88 Å². The highest BCUT2D eigenvalue weighted by atomic mass is 32.1. The van der Waals surface area contributed by atoms with Gasteiger partial charge in [-0.25, -0.2) is 9.78 Å². The molecule has 1 amide bonds. The van der Waals surface area contributed by atoms with Gasteiger partial charge < -0.3 is 14.1 Å². The molecule has 3 rings (SSSR count). The zero-order chi connectivity index (χ0) is 16.9. The average molecular weight is 348 g/mol. The number of amides is 1. The molecule has 0 radical (unpaired) electrons. The summed E-state index contributed by atoms with van der Waals surface area (Å²) in [6.45, 7) is 3.29. The van der Waals surface area contributed by atoms with Crippen LogP contribution in [0.25, 0.3) is 10.6 Å². The monoisotopic (exact) mass is 348 g/mol. The molecule has 128 valence electrons. The molecule has 7 heteroatoms. The lowest BCUT2D eigenvalue weighted by Crippen LogP contribution is -2.41. The third-order valence-corrected chi connectivity index (χ3v) is 4.91. The second-order valence-corrected chi connectivity index (χ2v) is 6.64. The number of rotatable bonds is 5. The summed E-state index contributed by atoms with van der Waals surface area (Å²) in [6, 6.07) is 1.80. The molecular formula is C17H20N2O4S. The molecule has 1 fully saturated rings. The van der Waals surface area contributed by atoms with Crippen molar-refractivity contribution in [2.75, 3.05) is 13.1 Å². The van der Waals surface area contributed by atoms with E-state index in [2.05, 4.69) is 4.98 Å². The van der Waals surface area contributed by atoms with E-state index in [1.165, 1.54) is 11.3 Å². The first-order chi connectivity index (χ1) is 11.7. The molecule has 6 nitrogen and oxygen atoms in total. The van der Waals surface area contributed by atoms with Crippen molar-refractivity contribution < 1.29 is 18.7 Å². The first kappa shape index (κ1) is 16.7. The fourth-order valence-corrected chi connectivity index (χ4v) is 3.47. The van der Waals surface area contributed by atoms with Crippen molar-refractivity contribution in [3.05, 3.63) is 29.7 Å². The van der Waals surface area contributed by atoms with Gasteiger partial charge >= 0.3 is 5.97 Å². The third-order valence-electron chi connectivity index (χ3n) is 4.01. The minimum absolute atomic E-state index is 0.151. The first-order valence-electron chi connectivity index (χ1n) is 8.14. The van der Waals surface area contributed by atoms with Gasteiger partial charge in [-0.1, -0.05) is 6.92 Å². The van der Waals surface area contributed by atoms with E-state index in [9.17, 15) is 9.59 Å². The van der Waals surface area contributed by atoms with Crippen LogP contribution >= 0.6 is 11.3 Å². The lowest BCUT2D eigenvalue weighted by molar-refractivity contribution is -0.133. The molecule has 24 heavy (non-hydrogen) atoms. The Bertz CT molecular complexity index is 687. The van der Waals surface area contributed by atoms with E-state index < -0.39 is 5.97 Å². The predicted octanol–water partition coefficient (Wildman–Crippen LogP) is 3.35. The van der Waals surface area contributed by atoms with Gasteiger partial charge in [0, 0.05) is 43.3 Å². The quantitative estimate of drug-likeness (QED) is 0.775. The second-order valence-electron chi connectivity index (χ2n) is 5.79. The number of nitrogens with zero attached hydrogens (tertiary/aromatic N) is 2. The van der Waals surface area contributed by atoms with Crippen molar-refractivity contribution in [1.29, 1.82) is 0 Å². The van der Waals surface area contributed by atoms with E-state index in [-0.39, 0.29) is 12.0 Å². The van der Waals surface area contributed by atoms with Gasteiger partial charge in [0.05, 0.1) is 6.26 Å². The summed E-state index contributed by atoms with van der Waals surface area (Å²) in [7, 11) is 0. The molecule has 0 spiro atoms. The number of likely N-dealkylation sites (tertiary alicyclic amines) is 1. The molecule has 1 saturated heterocycles. The van der Waals surface area contributed by atoms with Crippen LogP contribution in [-0.2, 0) is 9.53 Å². The first-order valence-corrected chi connectivity index (χ1v) is 9.02. The number of carbonyl (C=O) groups is 2. The molecule has 2 aromatic heterocycles. The van der Waals surface area contributed by atoms with Gasteiger partial charge in [0.2, 0.25) is 5.91 Å². The highest BCUT2D eigenvalue weighted by Crippen LogP contribution is 2.25. The fourth-order valence-electron chi connectivity index (χ4n) is 2.69. The summed E-state index contributed by atoms with van der Waals surface area (Å²) in [5, 5.41) is 2.43. The number of carbonyl (C=O) groups excluding carboxylic acids is 2. The predicted molar refractivity (Wildman–Crippen MR) is 89.7 cm³/mol. The Kier molecular flexibility index (Phi) is 5.30. The van der Waals surface area contributed by atoms with E-state index >= 15 is 0 Å². The summed E-state index contributed by atoms with van der Waals surface area (Å²) in [6.07, 6.45) is 5.82. The zero-order valence-corrected chi connectivity index (χ0v) is 14.4. The third kappa shape index (κ3) is 3.84. The molecule has 0 N–H and O–H groups in total. The van der Waals surface area contributed by atoms with Gasteiger partial charge in [-0.15, -0.1) is 11.3 Å². The van der Waals surface area contributed by atoms with Crippen molar-refractivity contribution in [2.45, 2.75) is 38.7 Å². The van der Waals surface area contributed by atoms with Gasteiger partial charge in [-0.05, 0) is 12.5 Å². The molecule has 0 aliphatic carbocycles. The minimum Gasteiger partial charge on any atom is -0.472 e. The maximum atomic E-state index is 12.2. The Morgan fingerprint density at radius 1 is 1.42 bits per heavy atom. The van der Waals surface area contributed by atoms with E-state index in [1.807, 2.05) is 11.8 Å². The Labute approximate surface area is 144 Å². The standard InChI is InChI=1S/C17H20N2O4S/c1-2-3-15(20)19-7-4-13(5-8-19)23-17(21)14-11-24-16(18-14)12-6-9-22-10-12/h6,9-11,13H,2-5,7-8H2,1H3. The van der Waals surface area contributed by atoms with Crippen LogP contribution in [0.2, 0.25) is 0 Å². The number of thiazole rings is 1. The normalized spacial score (nSPS) is 15.5. The number of ether oxygens (including phenoxy) is 1. The van der Waals surface area contributed by atoms with E-state index in [4.69, 9.17) is 9.15 Å². The van der Waals surface area contributed by atoms with Gasteiger partial charge in [-0.2, -0.15) is 0 Å². The highest BCUT2D eigenvalue weighted by molar-refractivity contribution is 7.13.